The minimum Gasteiger partial charge on any atom is -0.396 e. The van der Waals surface area contributed by atoms with Crippen molar-refractivity contribution in [2.24, 2.45) is 7.05 Å². The maximum Gasteiger partial charge on any atom is 0.319 e. The quantitative estimate of drug-likeness (QED) is 0.779. The Morgan fingerprint density at radius 2 is 2.29 bits per heavy atom. The van der Waals surface area contributed by atoms with E-state index < -0.39 is 0 Å². The first-order chi connectivity index (χ1) is 10.0. The van der Waals surface area contributed by atoms with Gasteiger partial charge in [0.1, 0.15) is 0 Å². The number of pyridine rings is 1. The van der Waals surface area contributed by atoms with Crippen molar-refractivity contribution in [2.75, 3.05) is 11.9 Å². The zero-order chi connectivity index (χ0) is 15.4. The summed E-state index contributed by atoms with van der Waals surface area (Å²) in [6.45, 7) is 3.95. The summed E-state index contributed by atoms with van der Waals surface area (Å²) in [5.41, 5.74) is 2.29. The number of anilines is 1. The van der Waals surface area contributed by atoms with Crippen LogP contribution in [-0.4, -0.2) is 38.6 Å². The van der Waals surface area contributed by atoms with Crippen LogP contribution in [0.2, 0.25) is 0 Å². The number of aryl methyl sites for hydroxylation is 2. The third-order valence-electron chi connectivity index (χ3n) is 3.29. The molecule has 0 spiro atoms. The molecule has 2 amide bonds. The Bertz CT molecular complexity index is 638. The van der Waals surface area contributed by atoms with Crippen LogP contribution in [0.4, 0.5) is 10.5 Å². The van der Waals surface area contributed by atoms with E-state index in [0.29, 0.717) is 12.1 Å². The molecule has 1 unspecified atom stereocenters. The van der Waals surface area contributed by atoms with Gasteiger partial charge in [-0.1, -0.05) is 0 Å². The number of rotatable bonds is 5. The number of aromatic nitrogens is 3. The van der Waals surface area contributed by atoms with Crippen molar-refractivity contribution in [2.45, 2.75) is 32.7 Å². The lowest BCUT2D eigenvalue weighted by Gasteiger charge is -2.14. The average molecular weight is 291 g/mol. The number of carbonyl (C=O) groups is 1. The molecule has 0 aliphatic heterocycles. The van der Waals surface area contributed by atoms with E-state index in [0.717, 1.165) is 23.1 Å². The number of hydrogen-bond donors (Lipinski definition) is 3. The maximum absolute atomic E-state index is 11.9. The number of fused-ring (bicyclic) bond motifs is 1. The van der Waals surface area contributed by atoms with E-state index in [1.807, 2.05) is 27.0 Å². The molecule has 0 aliphatic carbocycles. The third-order valence-corrected chi connectivity index (χ3v) is 3.29. The van der Waals surface area contributed by atoms with Crippen molar-refractivity contribution in [3.63, 3.8) is 0 Å². The maximum atomic E-state index is 11.9. The second-order valence-electron chi connectivity index (χ2n) is 5.17. The van der Waals surface area contributed by atoms with Gasteiger partial charge in [-0.3, -0.25) is 4.68 Å². The van der Waals surface area contributed by atoms with Gasteiger partial charge >= 0.3 is 6.03 Å². The molecular formula is C14H21N5O2. The molecule has 3 N–H and O–H groups in total. The Morgan fingerprint density at radius 1 is 1.52 bits per heavy atom. The second kappa shape index (κ2) is 6.53. The zero-order valence-electron chi connectivity index (χ0n) is 12.6. The summed E-state index contributed by atoms with van der Waals surface area (Å²) in [4.78, 5) is 16.2. The van der Waals surface area contributed by atoms with Crippen molar-refractivity contribution in [1.82, 2.24) is 20.1 Å². The first-order valence-corrected chi connectivity index (χ1v) is 6.99. The molecule has 2 rings (SSSR count). The molecule has 0 fully saturated rings. The van der Waals surface area contributed by atoms with Crippen LogP contribution < -0.4 is 10.6 Å². The summed E-state index contributed by atoms with van der Waals surface area (Å²) in [6, 6.07) is 1.60. The number of hydrogen-bond acceptors (Lipinski definition) is 4. The monoisotopic (exact) mass is 291 g/mol. The van der Waals surface area contributed by atoms with Gasteiger partial charge in [0.25, 0.3) is 0 Å². The molecule has 7 heteroatoms. The number of aliphatic hydroxyl groups excluding tert-OH is 1. The minimum absolute atomic E-state index is 0.00830. The number of aliphatic hydroxyl groups is 1. The lowest BCUT2D eigenvalue weighted by Crippen LogP contribution is -2.36. The highest BCUT2D eigenvalue weighted by atomic mass is 16.3. The molecule has 0 aliphatic rings. The van der Waals surface area contributed by atoms with Gasteiger partial charge in [0.15, 0.2) is 5.65 Å². The highest BCUT2D eigenvalue weighted by Gasteiger charge is 2.10. The van der Waals surface area contributed by atoms with E-state index in [1.54, 1.807) is 10.9 Å². The van der Waals surface area contributed by atoms with Gasteiger partial charge in [-0.05, 0) is 32.8 Å². The van der Waals surface area contributed by atoms with E-state index in [9.17, 15) is 4.79 Å². The predicted molar refractivity (Wildman–Crippen MR) is 81.2 cm³/mol. The van der Waals surface area contributed by atoms with Crippen molar-refractivity contribution >= 4 is 22.8 Å². The van der Waals surface area contributed by atoms with Crippen LogP contribution in [0.5, 0.6) is 0 Å². The van der Waals surface area contributed by atoms with E-state index in [4.69, 9.17) is 5.11 Å². The highest BCUT2D eigenvalue weighted by Crippen LogP contribution is 2.19. The molecule has 0 bridgehead atoms. The molecule has 21 heavy (non-hydrogen) atoms. The summed E-state index contributed by atoms with van der Waals surface area (Å²) >= 11 is 0. The summed E-state index contributed by atoms with van der Waals surface area (Å²) < 4.78 is 1.71. The topological polar surface area (TPSA) is 92.1 Å². The normalized spacial score (nSPS) is 12.4. The molecule has 1 atom stereocenters. The van der Waals surface area contributed by atoms with Crippen molar-refractivity contribution in [1.29, 1.82) is 0 Å². The Labute approximate surface area is 123 Å². The molecule has 0 saturated carbocycles. The Kier molecular flexibility index (Phi) is 4.74. The van der Waals surface area contributed by atoms with Crippen LogP contribution in [0.25, 0.3) is 11.0 Å². The molecule has 0 radical (unpaired) electrons. The Balaban J connectivity index is 2.02. The summed E-state index contributed by atoms with van der Waals surface area (Å²) in [6.07, 6.45) is 3.02. The smallest absolute Gasteiger partial charge is 0.319 e. The first-order valence-electron chi connectivity index (χ1n) is 6.99. The van der Waals surface area contributed by atoms with E-state index >= 15 is 0 Å². The van der Waals surface area contributed by atoms with Crippen LogP contribution in [0.15, 0.2) is 12.3 Å². The molecule has 2 aromatic rings. The first kappa shape index (κ1) is 15.2. The molecule has 2 heterocycles. The summed E-state index contributed by atoms with van der Waals surface area (Å²) in [5.74, 6) is 0. The Hall–Kier alpha value is -2.15. The van der Waals surface area contributed by atoms with Gasteiger partial charge in [-0.25, -0.2) is 9.78 Å². The standard InChI is InChI=1S/C14H21N5O2/c1-9(5-4-6-20)16-14(21)17-11-7-12-10(2)18-19(3)13(12)15-8-11/h7-9,20H,4-6H2,1-3H3,(H2,16,17,21). The zero-order valence-corrected chi connectivity index (χ0v) is 12.6. The summed E-state index contributed by atoms with van der Waals surface area (Å²) in [7, 11) is 1.84. The van der Waals surface area contributed by atoms with E-state index in [-0.39, 0.29) is 18.7 Å². The van der Waals surface area contributed by atoms with Gasteiger partial charge in [-0.15, -0.1) is 0 Å². The van der Waals surface area contributed by atoms with Crippen molar-refractivity contribution in [3.8, 4) is 0 Å². The molecule has 114 valence electrons. The van der Waals surface area contributed by atoms with E-state index in [2.05, 4.69) is 20.7 Å². The predicted octanol–water partition coefficient (Wildman–Crippen LogP) is 1.56. The average Bonchev–Trinajstić information content (AvgIpc) is 2.71. The summed E-state index contributed by atoms with van der Waals surface area (Å²) in [5, 5.41) is 19.6. The fourth-order valence-corrected chi connectivity index (χ4v) is 2.24. The number of carbonyl (C=O) groups excluding carboxylic acids is 1. The minimum atomic E-state index is -0.275. The highest BCUT2D eigenvalue weighted by molar-refractivity contribution is 5.92. The number of urea groups is 1. The van der Waals surface area contributed by atoms with Crippen LogP contribution in [0, 0.1) is 6.92 Å². The SMILES string of the molecule is Cc1nn(C)c2ncc(NC(=O)NC(C)CCCO)cc12. The molecule has 2 aromatic heterocycles. The lowest BCUT2D eigenvalue weighted by molar-refractivity contribution is 0.245. The van der Waals surface area contributed by atoms with Crippen LogP contribution in [-0.2, 0) is 7.05 Å². The van der Waals surface area contributed by atoms with Gasteiger partial charge in [0.2, 0.25) is 0 Å². The van der Waals surface area contributed by atoms with Crippen molar-refractivity contribution < 1.29 is 9.90 Å². The van der Waals surface area contributed by atoms with Crippen LogP contribution >= 0.6 is 0 Å². The fourth-order valence-electron chi connectivity index (χ4n) is 2.24. The molecule has 0 saturated heterocycles. The number of nitrogens with one attached hydrogen (secondary N) is 2. The number of nitrogens with zero attached hydrogens (tertiary/aromatic N) is 3. The largest absolute Gasteiger partial charge is 0.396 e. The van der Waals surface area contributed by atoms with Crippen LogP contribution in [0.1, 0.15) is 25.5 Å². The Morgan fingerprint density at radius 3 is 3.00 bits per heavy atom. The molecule has 7 nitrogen and oxygen atoms in total. The molecule has 0 aromatic carbocycles. The fraction of sp³-hybridized carbons (Fsp3) is 0.500. The lowest BCUT2D eigenvalue weighted by atomic mass is 10.2. The van der Waals surface area contributed by atoms with Crippen molar-refractivity contribution in [3.05, 3.63) is 18.0 Å². The third kappa shape index (κ3) is 3.69. The van der Waals surface area contributed by atoms with E-state index in [1.165, 1.54) is 0 Å². The van der Waals surface area contributed by atoms with Gasteiger partial charge in [0, 0.05) is 25.1 Å². The number of amides is 2. The van der Waals surface area contributed by atoms with Crippen LogP contribution in [0.3, 0.4) is 0 Å². The molecular weight excluding hydrogens is 270 g/mol. The van der Waals surface area contributed by atoms with Gasteiger partial charge < -0.3 is 15.7 Å². The van der Waals surface area contributed by atoms with Gasteiger partial charge in [0.05, 0.1) is 17.6 Å². The second-order valence-corrected chi connectivity index (χ2v) is 5.17. The van der Waals surface area contributed by atoms with Gasteiger partial charge in [-0.2, -0.15) is 5.10 Å².